The van der Waals surface area contributed by atoms with E-state index in [1.807, 2.05) is 0 Å². The number of halogens is 1. The van der Waals surface area contributed by atoms with Gasteiger partial charge < -0.3 is 5.11 Å². The summed E-state index contributed by atoms with van der Waals surface area (Å²) in [6.07, 6.45) is 1.06. The van der Waals surface area contributed by atoms with E-state index in [1.165, 1.54) is 30.3 Å². The SMILES string of the molecule is CS(=O)(=O)c1ccc(C(=O)c2ccccc2O)c(Cl)c1. The number of carbonyl (C=O) groups excluding carboxylic acids is 1. The molecule has 0 aliphatic carbocycles. The molecule has 2 aromatic rings. The van der Waals surface area contributed by atoms with Gasteiger partial charge in [-0.1, -0.05) is 23.7 Å². The minimum atomic E-state index is -3.39. The molecule has 0 aliphatic rings. The third-order valence-corrected chi connectivity index (χ3v) is 4.18. The summed E-state index contributed by atoms with van der Waals surface area (Å²) in [6.45, 7) is 0. The van der Waals surface area contributed by atoms with Crippen LogP contribution in [0.5, 0.6) is 5.75 Å². The summed E-state index contributed by atoms with van der Waals surface area (Å²) >= 11 is 5.97. The van der Waals surface area contributed by atoms with Gasteiger partial charge in [0.1, 0.15) is 5.75 Å². The predicted octanol–water partition coefficient (Wildman–Crippen LogP) is 2.68. The maximum absolute atomic E-state index is 12.3. The lowest BCUT2D eigenvalue weighted by atomic mass is 10.0. The Balaban J connectivity index is 2.50. The summed E-state index contributed by atoms with van der Waals surface area (Å²) in [4.78, 5) is 12.3. The molecule has 2 rings (SSSR count). The van der Waals surface area contributed by atoms with Crippen LogP contribution in [0, 0.1) is 0 Å². The zero-order valence-electron chi connectivity index (χ0n) is 10.5. The Labute approximate surface area is 121 Å². The van der Waals surface area contributed by atoms with Crippen LogP contribution in [-0.4, -0.2) is 25.6 Å². The third kappa shape index (κ3) is 2.84. The van der Waals surface area contributed by atoms with E-state index in [-0.39, 0.29) is 26.8 Å². The molecule has 0 saturated carbocycles. The number of phenols is 1. The Hall–Kier alpha value is -1.85. The molecule has 0 unspecified atom stereocenters. The van der Waals surface area contributed by atoms with Crippen molar-refractivity contribution in [3.63, 3.8) is 0 Å². The largest absolute Gasteiger partial charge is 0.507 e. The summed E-state index contributed by atoms with van der Waals surface area (Å²) in [6, 6.07) is 9.96. The first-order valence-corrected chi connectivity index (χ1v) is 7.90. The molecule has 0 saturated heterocycles. The first-order valence-electron chi connectivity index (χ1n) is 5.63. The van der Waals surface area contributed by atoms with Crippen molar-refractivity contribution in [2.75, 3.05) is 6.26 Å². The molecule has 0 fully saturated rings. The molecular weight excluding hydrogens is 300 g/mol. The molecule has 1 N–H and O–H groups in total. The lowest BCUT2D eigenvalue weighted by Gasteiger charge is -2.07. The lowest BCUT2D eigenvalue weighted by molar-refractivity contribution is 0.103. The number of rotatable bonds is 3. The van der Waals surface area contributed by atoms with Gasteiger partial charge in [-0.15, -0.1) is 0 Å². The second kappa shape index (κ2) is 5.26. The van der Waals surface area contributed by atoms with Gasteiger partial charge in [-0.25, -0.2) is 8.42 Å². The van der Waals surface area contributed by atoms with E-state index in [2.05, 4.69) is 0 Å². The Bertz CT molecular complexity index is 782. The Morgan fingerprint density at radius 3 is 2.30 bits per heavy atom. The number of hydrogen-bond acceptors (Lipinski definition) is 4. The number of phenolic OH excluding ortho intramolecular Hbond substituents is 1. The zero-order chi connectivity index (χ0) is 14.9. The fourth-order valence-corrected chi connectivity index (χ4v) is 2.70. The number of ketones is 1. The first-order chi connectivity index (χ1) is 9.30. The molecule has 0 bridgehead atoms. The molecule has 0 amide bonds. The van der Waals surface area contributed by atoms with Crippen LogP contribution < -0.4 is 0 Å². The van der Waals surface area contributed by atoms with Crippen molar-refractivity contribution in [3.8, 4) is 5.75 Å². The molecule has 0 aromatic heterocycles. The Morgan fingerprint density at radius 2 is 1.75 bits per heavy atom. The molecule has 0 atom stereocenters. The summed E-state index contributed by atoms with van der Waals surface area (Å²) in [5.41, 5.74) is 0.252. The van der Waals surface area contributed by atoms with Crippen molar-refractivity contribution < 1.29 is 18.3 Å². The minimum Gasteiger partial charge on any atom is -0.507 e. The van der Waals surface area contributed by atoms with Crippen molar-refractivity contribution in [1.82, 2.24) is 0 Å². The predicted molar refractivity (Wildman–Crippen MR) is 76.1 cm³/mol. The van der Waals surface area contributed by atoms with Crippen LogP contribution >= 0.6 is 11.6 Å². The van der Waals surface area contributed by atoms with Crippen LogP contribution in [0.4, 0.5) is 0 Å². The molecule has 0 heterocycles. The van der Waals surface area contributed by atoms with Gasteiger partial charge in [-0.2, -0.15) is 0 Å². The lowest BCUT2D eigenvalue weighted by Crippen LogP contribution is -2.04. The Kier molecular flexibility index (Phi) is 3.83. The Morgan fingerprint density at radius 1 is 1.10 bits per heavy atom. The van der Waals surface area contributed by atoms with E-state index in [1.54, 1.807) is 12.1 Å². The highest BCUT2D eigenvalue weighted by Crippen LogP contribution is 2.26. The van der Waals surface area contributed by atoms with E-state index in [0.717, 1.165) is 6.26 Å². The van der Waals surface area contributed by atoms with Gasteiger partial charge >= 0.3 is 0 Å². The average molecular weight is 311 g/mol. The van der Waals surface area contributed by atoms with Gasteiger partial charge in [0.2, 0.25) is 0 Å². The van der Waals surface area contributed by atoms with E-state index in [4.69, 9.17) is 11.6 Å². The molecule has 6 heteroatoms. The molecule has 2 aromatic carbocycles. The van der Waals surface area contributed by atoms with Crippen molar-refractivity contribution in [3.05, 3.63) is 58.6 Å². The second-order valence-corrected chi connectivity index (χ2v) is 6.68. The molecule has 0 spiro atoms. The van der Waals surface area contributed by atoms with Crippen LogP contribution in [0.1, 0.15) is 15.9 Å². The van der Waals surface area contributed by atoms with Crippen molar-refractivity contribution in [1.29, 1.82) is 0 Å². The van der Waals surface area contributed by atoms with Gasteiger partial charge in [-0.05, 0) is 30.3 Å². The molecule has 0 aliphatic heterocycles. The summed E-state index contributed by atoms with van der Waals surface area (Å²) in [5.74, 6) is -0.617. The molecule has 104 valence electrons. The number of aromatic hydroxyl groups is 1. The van der Waals surface area contributed by atoms with E-state index < -0.39 is 15.6 Å². The van der Waals surface area contributed by atoms with Crippen LogP contribution in [0.3, 0.4) is 0 Å². The fraction of sp³-hybridized carbons (Fsp3) is 0.0714. The van der Waals surface area contributed by atoms with Crippen molar-refractivity contribution in [2.24, 2.45) is 0 Å². The van der Waals surface area contributed by atoms with Gasteiger partial charge in [0, 0.05) is 11.8 Å². The standard InChI is InChI=1S/C14H11ClO4S/c1-20(18,19)9-6-7-10(12(15)8-9)14(17)11-4-2-3-5-13(11)16/h2-8,16H,1H3. The highest BCUT2D eigenvalue weighted by molar-refractivity contribution is 7.90. The quantitative estimate of drug-likeness (QED) is 0.885. The smallest absolute Gasteiger partial charge is 0.198 e. The van der Waals surface area contributed by atoms with Gasteiger partial charge in [0.05, 0.1) is 15.5 Å². The van der Waals surface area contributed by atoms with E-state index in [9.17, 15) is 18.3 Å². The summed E-state index contributed by atoms with van der Waals surface area (Å²) in [5, 5.41) is 9.69. The number of hydrogen-bond donors (Lipinski definition) is 1. The van der Waals surface area contributed by atoms with Crippen LogP contribution in [-0.2, 0) is 9.84 Å². The first kappa shape index (κ1) is 14.6. The number of benzene rings is 2. The van der Waals surface area contributed by atoms with Gasteiger partial charge in [-0.3, -0.25) is 4.79 Å². The average Bonchev–Trinajstić information content (AvgIpc) is 2.37. The van der Waals surface area contributed by atoms with Crippen LogP contribution in [0.2, 0.25) is 5.02 Å². The normalized spacial score (nSPS) is 11.3. The van der Waals surface area contributed by atoms with Crippen LogP contribution in [0.15, 0.2) is 47.4 Å². The zero-order valence-corrected chi connectivity index (χ0v) is 12.1. The molecule has 20 heavy (non-hydrogen) atoms. The highest BCUT2D eigenvalue weighted by Gasteiger charge is 2.18. The van der Waals surface area contributed by atoms with E-state index in [0.29, 0.717) is 0 Å². The monoisotopic (exact) mass is 310 g/mol. The highest BCUT2D eigenvalue weighted by atomic mass is 35.5. The van der Waals surface area contributed by atoms with Gasteiger partial charge in [0.25, 0.3) is 0 Å². The number of sulfone groups is 1. The second-order valence-electron chi connectivity index (χ2n) is 4.26. The van der Waals surface area contributed by atoms with E-state index >= 15 is 0 Å². The van der Waals surface area contributed by atoms with Crippen LogP contribution in [0.25, 0.3) is 0 Å². The number of carbonyl (C=O) groups is 1. The maximum Gasteiger partial charge on any atom is 0.198 e. The third-order valence-electron chi connectivity index (χ3n) is 2.76. The molecule has 0 radical (unpaired) electrons. The fourth-order valence-electron chi connectivity index (χ4n) is 1.72. The number of para-hydroxylation sites is 1. The van der Waals surface area contributed by atoms with Crippen molar-refractivity contribution in [2.45, 2.75) is 4.90 Å². The molecular formula is C14H11ClO4S. The summed E-state index contributed by atoms with van der Waals surface area (Å²) in [7, 11) is -3.39. The maximum atomic E-state index is 12.3. The summed E-state index contributed by atoms with van der Waals surface area (Å²) < 4.78 is 22.8. The minimum absolute atomic E-state index is 0.0289. The topological polar surface area (TPSA) is 71.4 Å². The molecule has 4 nitrogen and oxygen atoms in total. The van der Waals surface area contributed by atoms with Crippen molar-refractivity contribution >= 4 is 27.2 Å². The van der Waals surface area contributed by atoms with Gasteiger partial charge in [0.15, 0.2) is 15.6 Å².